The maximum atomic E-state index is 12.7. The van der Waals surface area contributed by atoms with E-state index in [1.165, 1.54) is 0 Å². The molecule has 1 rings (SSSR count). The number of thioether (sulfide) groups is 1. The number of halogens is 6. The lowest BCUT2D eigenvalue weighted by Gasteiger charge is -2.13. The normalized spacial score (nSPS) is 12.3. The van der Waals surface area contributed by atoms with Crippen molar-refractivity contribution >= 4 is 23.4 Å². The summed E-state index contributed by atoms with van der Waals surface area (Å²) < 4.78 is 73.7. The van der Waals surface area contributed by atoms with Gasteiger partial charge in [-0.1, -0.05) is 0 Å². The van der Waals surface area contributed by atoms with Crippen LogP contribution in [0.2, 0.25) is 0 Å². The quantitative estimate of drug-likeness (QED) is 0.630. The second-order valence-electron chi connectivity index (χ2n) is 3.78. The number of benzene rings is 1. The number of anilines is 1. The Hall–Kier alpha value is -1.58. The third kappa shape index (κ3) is 5.74. The molecular weight excluding hydrogens is 324 g/mol. The lowest BCUT2D eigenvalue weighted by atomic mass is 10.1. The van der Waals surface area contributed by atoms with Crippen LogP contribution in [0.4, 0.5) is 32.0 Å². The first kappa shape index (κ1) is 17.5. The minimum Gasteiger partial charge on any atom is -0.478 e. The van der Waals surface area contributed by atoms with E-state index in [1.54, 1.807) is 0 Å². The predicted molar refractivity (Wildman–Crippen MR) is 65.4 cm³/mol. The third-order valence-electron chi connectivity index (χ3n) is 2.25. The van der Waals surface area contributed by atoms with Crippen LogP contribution in [0.3, 0.4) is 0 Å². The van der Waals surface area contributed by atoms with Gasteiger partial charge in [0.25, 0.3) is 0 Å². The van der Waals surface area contributed by atoms with Crippen LogP contribution in [-0.2, 0) is 6.18 Å². The van der Waals surface area contributed by atoms with Gasteiger partial charge in [-0.05, 0) is 30.0 Å². The number of hydrogen-bond donors (Lipinski definition) is 2. The standard InChI is InChI=1S/C11H9F6NO2S/c12-10(13,14)8-5-6(1-2-7(8)9(19)20)18-3-4-21-11(15,16)17/h1-2,5,18H,3-4H2,(H,19,20). The monoisotopic (exact) mass is 333 g/mol. The third-order valence-corrected chi connectivity index (χ3v) is 2.99. The molecule has 0 saturated carbocycles. The molecule has 0 spiro atoms. The number of rotatable bonds is 5. The maximum absolute atomic E-state index is 12.7. The molecule has 0 fully saturated rings. The van der Waals surface area contributed by atoms with Crippen LogP contribution in [0.5, 0.6) is 0 Å². The number of carboxylic acids is 1. The van der Waals surface area contributed by atoms with Gasteiger partial charge in [-0.15, -0.1) is 0 Å². The number of hydrogen-bond acceptors (Lipinski definition) is 3. The van der Waals surface area contributed by atoms with Crippen molar-refractivity contribution in [1.82, 2.24) is 0 Å². The van der Waals surface area contributed by atoms with E-state index in [9.17, 15) is 31.1 Å². The minimum absolute atomic E-state index is 0.102. The van der Waals surface area contributed by atoms with Gasteiger partial charge in [-0.25, -0.2) is 4.79 Å². The summed E-state index contributed by atoms with van der Waals surface area (Å²) in [6.07, 6.45) is -4.87. The smallest absolute Gasteiger partial charge is 0.441 e. The zero-order valence-corrected chi connectivity index (χ0v) is 11.0. The topological polar surface area (TPSA) is 49.3 Å². The number of aromatic carboxylic acids is 1. The molecule has 3 nitrogen and oxygen atoms in total. The summed E-state index contributed by atoms with van der Waals surface area (Å²) in [5.74, 6) is -2.12. The number of alkyl halides is 6. The van der Waals surface area contributed by atoms with Crippen molar-refractivity contribution in [2.24, 2.45) is 0 Å². The van der Waals surface area contributed by atoms with Gasteiger partial charge in [0.2, 0.25) is 0 Å². The average Bonchev–Trinajstić information content (AvgIpc) is 2.32. The Balaban J connectivity index is 2.80. The van der Waals surface area contributed by atoms with Crippen LogP contribution >= 0.6 is 11.8 Å². The van der Waals surface area contributed by atoms with E-state index in [2.05, 4.69) is 5.32 Å². The largest absolute Gasteiger partial charge is 0.478 e. The Bertz CT molecular complexity index is 514. The molecular formula is C11H9F6NO2S. The molecule has 0 aliphatic carbocycles. The Morgan fingerprint density at radius 1 is 1.19 bits per heavy atom. The fourth-order valence-corrected chi connectivity index (χ4v) is 1.87. The van der Waals surface area contributed by atoms with Crippen molar-refractivity contribution in [3.63, 3.8) is 0 Å². The first-order valence-corrected chi connectivity index (χ1v) is 6.38. The molecule has 0 heterocycles. The van der Waals surface area contributed by atoms with Gasteiger partial charge in [0.15, 0.2) is 0 Å². The Kier molecular flexibility index (Phi) is 5.37. The lowest BCUT2D eigenvalue weighted by molar-refractivity contribution is -0.138. The average molecular weight is 333 g/mol. The summed E-state index contributed by atoms with van der Waals surface area (Å²) in [4.78, 5) is 10.7. The molecule has 118 valence electrons. The van der Waals surface area contributed by atoms with Gasteiger partial charge >= 0.3 is 17.7 Å². The maximum Gasteiger partial charge on any atom is 0.441 e. The summed E-state index contributed by atoms with van der Waals surface area (Å²) in [6, 6.07) is 2.38. The molecule has 0 atom stereocenters. The molecule has 0 amide bonds. The summed E-state index contributed by atoms with van der Waals surface area (Å²) >= 11 is -0.308. The van der Waals surface area contributed by atoms with E-state index in [1.807, 2.05) is 0 Å². The predicted octanol–water partition coefficient (Wildman–Crippen LogP) is 4.07. The van der Waals surface area contributed by atoms with Crippen molar-refractivity contribution in [2.75, 3.05) is 17.6 Å². The van der Waals surface area contributed by atoms with Gasteiger partial charge in [-0.3, -0.25) is 0 Å². The molecule has 0 aromatic heterocycles. The Labute approximate surface area is 119 Å². The fourth-order valence-electron chi connectivity index (χ4n) is 1.44. The highest BCUT2D eigenvalue weighted by atomic mass is 32.2. The molecule has 0 aliphatic heterocycles. The van der Waals surface area contributed by atoms with Gasteiger partial charge in [-0.2, -0.15) is 26.3 Å². The van der Waals surface area contributed by atoms with E-state index in [-0.39, 0.29) is 29.7 Å². The molecule has 0 unspecified atom stereocenters. The van der Waals surface area contributed by atoms with Crippen molar-refractivity contribution in [3.8, 4) is 0 Å². The van der Waals surface area contributed by atoms with E-state index in [0.29, 0.717) is 6.07 Å². The summed E-state index contributed by atoms with van der Waals surface area (Å²) in [6.45, 7) is -0.214. The molecule has 1 aromatic carbocycles. The van der Waals surface area contributed by atoms with Gasteiger partial charge in [0.1, 0.15) is 0 Å². The second-order valence-corrected chi connectivity index (χ2v) is 4.94. The highest BCUT2D eigenvalue weighted by Gasteiger charge is 2.35. The van der Waals surface area contributed by atoms with Gasteiger partial charge < -0.3 is 10.4 Å². The molecule has 10 heteroatoms. The molecule has 1 aromatic rings. The van der Waals surface area contributed by atoms with Crippen LogP contribution in [0.25, 0.3) is 0 Å². The summed E-state index contributed by atoms with van der Waals surface area (Å²) in [7, 11) is 0. The van der Waals surface area contributed by atoms with Gasteiger partial charge in [0.05, 0.1) is 11.1 Å². The summed E-state index contributed by atoms with van der Waals surface area (Å²) in [5, 5.41) is 11.1. The van der Waals surface area contributed by atoms with Crippen molar-refractivity contribution in [1.29, 1.82) is 0 Å². The van der Waals surface area contributed by atoms with Crippen LogP contribution in [0, 0.1) is 0 Å². The fraction of sp³-hybridized carbons (Fsp3) is 0.364. The Morgan fingerprint density at radius 3 is 2.29 bits per heavy atom. The number of carboxylic acid groups (broad SMARTS) is 1. The van der Waals surface area contributed by atoms with Crippen LogP contribution in [0.15, 0.2) is 18.2 Å². The highest BCUT2D eigenvalue weighted by molar-refractivity contribution is 8.00. The molecule has 0 bridgehead atoms. The molecule has 2 N–H and O–H groups in total. The van der Waals surface area contributed by atoms with E-state index in [0.717, 1.165) is 12.1 Å². The van der Waals surface area contributed by atoms with Crippen molar-refractivity contribution < 1.29 is 36.2 Å². The van der Waals surface area contributed by atoms with Crippen molar-refractivity contribution in [2.45, 2.75) is 11.7 Å². The highest BCUT2D eigenvalue weighted by Crippen LogP contribution is 2.34. The molecule has 0 saturated heterocycles. The zero-order chi connectivity index (χ0) is 16.3. The Morgan fingerprint density at radius 2 is 1.81 bits per heavy atom. The second kappa shape index (κ2) is 6.46. The first-order valence-electron chi connectivity index (χ1n) is 5.40. The number of carbonyl (C=O) groups is 1. The van der Waals surface area contributed by atoms with E-state index in [4.69, 9.17) is 5.11 Å². The van der Waals surface area contributed by atoms with Crippen LogP contribution in [0.1, 0.15) is 15.9 Å². The number of nitrogens with one attached hydrogen (secondary N) is 1. The first-order chi connectivity index (χ1) is 9.50. The SMILES string of the molecule is O=C(O)c1ccc(NCCSC(F)(F)F)cc1C(F)(F)F. The molecule has 21 heavy (non-hydrogen) atoms. The lowest BCUT2D eigenvalue weighted by Crippen LogP contribution is -2.14. The van der Waals surface area contributed by atoms with Crippen LogP contribution in [-0.4, -0.2) is 28.9 Å². The summed E-state index contributed by atoms with van der Waals surface area (Å²) in [5.41, 5.74) is -6.79. The molecule has 0 aliphatic rings. The van der Waals surface area contributed by atoms with Gasteiger partial charge in [0, 0.05) is 18.0 Å². The minimum atomic E-state index is -4.87. The van der Waals surface area contributed by atoms with E-state index < -0.39 is 28.8 Å². The molecule has 0 radical (unpaired) electrons. The van der Waals surface area contributed by atoms with E-state index >= 15 is 0 Å². The van der Waals surface area contributed by atoms with Crippen LogP contribution < -0.4 is 5.32 Å². The van der Waals surface area contributed by atoms with Crippen molar-refractivity contribution in [3.05, 3.63) is 29.3 Å². The zero-order valence-electron chi connectivity index (χ0n) is 10.2.